The number of hydrogen-bond donors (Lipinski definition) is 2. The van der Waals surface area contributed by atoms with Crippen molar-refractivity contribution in [2.75, 3.05) is 13.2 Å². The highest BCUT2D eigenvalue weighted by Gasteiger charge is 2.15. The molecule has 4 nitrogen and oxygen atoms in total. The van der Waals surface area contributed by atoms with Gasteiger partial charge in [0.25, 0.3) is 0 Å². The summed E-state index contributed by atoms with van der Waals surface area (Å²) in [6.07, 6.45) is 3.26. The van der Waals surface area contributed by atoms with E-state index in [-0.39, 0.29) is 0 Å². The summed E-state index contributed by atoms with van der Waals surface area (Å²) in [7, 11) is 0. The molecule has 1 aromatic heterocycles. The molecule has 116 valence electrons. The van der Waals surface area contributed by atoms with E-state index in [1.54, 1.807) is 0 Å². The first-order valence-electron chi connectivity index (χ1n) is 7.62. The lowest BCUT2D eigenvalue weighted by atomic mass is 10.1. The summed E-state index contributed by atoms with van der Waals surface area (Å²) in [5.74, 6) is 1.50. The van der Waals surface area contributed by atoms with Crippen molar-refractivity contribution in [3.05, 3.63) is 16.7 Å². The van der Waals surface area contributed by atoms with Crippen molar-refractivity contribution < 1.29 is 4.74 Å². The zero-order chi connectivity index (χ0) is 15.0. The number of ether oxygens (including phenoxy) is 1. The van der Waals surface area contributed by atoms with Gasteiger partial charge in [-0.1, -0.05) is 38.8 Å². The quantitative estimate of drug-likeness (QED) is 0.695. The third kappa shape index (κ3) is 5.81. The monoisotopic (exact) mass is 301 g/mol. The number of unbranched alkanes of at least 4 members (excludes halogenated alkanes) is 1. The summed E-state index contributed by atoms with van der Waals surface area (Å²) < 4.78 is 5.51. The van der Waals surface area contributed by atoms with E-state index in [1.807, 2.05) is 6.92 Å². The minimum atomic E-state index is 0.327. The van der Waals surface area contributed by atoms with Crippen molar-refractivity contribution in [2.45, 2.75) is 59.5 Å². The first-order chi connectivity index (χ1) is 9.58. The van der Waals surface area contributed by atoms with Crippen molar-refractivity contribution in [1.29, 1.82) is 0 Å². The van der Waals surface area contributed by atoms with Gasteiger partial charge in [-0.15, -0.1) is 0 Å². The number of nitrogens with one attached hydrogen (secondary N) is 2. The molecule has 1 unspecified atom stereocenters. The van der Waals surface area contributed by atoms with Gasteiger partial charge in [0.05, 0.1) is 12.3 Å². The molecule has 0 bridgehead atoms. The zero-order valence-electron chi connectivity index (χ0n) is 13.1. The fourth-order valence-corrected chi connectivity index (χ4v) is 2.20. The SMILES string of the molecule is CCCCc1nc(Cl)c(CNC(COCC)C(C)C)[nH]1. The van der Waals surface area contributed by atoms with Crippen LogP contribution in [0, 0.1) is 5.92 Å². The molecule has 0 aliphatic heterocycles. The summed E-state index contributed by atoms with van der Waals surface area (Å²) in [6, 6.07) is 0.327. The molecule has 0 spiro atoms. The maximum absolute atomic E-state index is 6.18. The first kappa shape index (κ1) is 17.5. The Morgan fingerprint density at radius 3 is 2.70 bits per heavy atom. The molecular weight excluding hydrogens is 274 g/mol. The van der Waals surface area contributed by atoms with Crippen LogP contribution in [-0.4, -0.2) is 29.2 Å². The van der Waals surface area contributed by atoms with Crippen LogP contribution >= 0.6 is 11.6 Å². The summed E-state index contributed by atoms with van der Waals surface area (Å²) in [4.78, 5) is 7.69. The molecule has 0 saturated heterocycles. The van der Waals surface area contributed by atoms with Crippen molar-refractivity contribution in [2.24, 2.45) is 5.92 Å². The molecule has 1 aromatic rings. The van der Waals surface area contributed by atoms with Crippen molar-refractivity contribution in [3.63, 3.8) is 0 Å². The molecule has 0 fully saturated rings. The predicted octanol–water partition coefficient (Wildman–Crippen LogP) is 3.56. The van der Waals surface area contributed by atoms with Crippen molar-refractivity contribution in [3.8, 4) is 0 Å². The molecule has 0 aliphatic rings. The second kappa shape index (κ2) is 9.37. The summed E-state index contributed by atoms with van der Waals surface area (Å²) in [5.41, 5.74) is 0.972. The van der Waals surface area contributed by atoms with Crippen molar-refractivity contribution >= 4 is 11.6 Å². The maximum Gasteiger partial charge on any atom is 0.151 e. The zero-order valence-corrected chi connectivity index (χ0v) is 13.9. The molecule has 1 rings (SSSR count). The van der Waals surface area contributed by atoms with Gasteiger partial charge in [0.2, 0.25) is 0 Å². The minimum Gasteiger partial charge on any atom is -0.380 e. The van der Waals surface area contributed by atoms with E-state index < -0.39 is 0 Å². The molecule has 1 atom stereocenters. The van der Waals surface area contributed by atoms with Gasteiger partial charge in [0.15, 0.2) is 5.15 Å². The van der Waals surface area contributed by atoms with E-state index in [1.165, 1.54) is 0 Å². The normalized spacial score (nSPS) is 13.1. The Hall–Kier alpha value is -0.580. The van der Waals surface area contributed by atoms with E-state index in [0.29, 0.717) is 23.7 Å². The standard InChI is InChI=1S/C15H28ClN3O/c1-5-7-8-14-18-12(15(16)19-14)9-17-13(11(3)4)10-20-6-2/h11,13,17H,5-10H2,1-4H3,(H,18,19). The number of rotatable bonds is 10. The number of nitrogens with zero attached hydrogens (tertiary/aromatic N) is 1. The fraction of sp³-hybridized carbons (Fsp3) is 0.800. The Balaban J connectivity index is 2.52. The molecule has 0 amide bonds. The Morgan fingerprint density at radius 2 is 2.10 bits per heavy atom. The lowest BCUT2D eigenvalue weighted by Gasteiger charge is -2.21. The molecule has 5 heteroatoms. The number of halogens is 1. The highest BCUT2D eigenvalue weighted by Crippen LogP contribution is 2.15. The highest BCUT2D eigenvalue weighted by atomic mass is 35.5. The third-order valence-corrected chi connectivity index (χ3v) is 3.70. The Labute approximate surface area is 127 Å². The number of hydrogen-bond acceptors (Lipinski definition) is 3. The van der Waals surface area contributed by atoms with Crippen LogP contribution in [0.25, 0.3) is 0 Å². The van der Waals surface area contributed by atoms with Gasteiger partial charge < -0.3 is 15.0 Å². The Bertz CT molecular complexity index is 379. The predicted molar refractivity (Wildman–Crippen MR) is 84.2 cm³/mol. The van der Waals surface area contributed by atoms with E-state index in [2.05, 4.69) is 36.1 Å². The fourth-order valence-electron chi connectivity index (χ4n) is 1.98. The second-order valence-electron chi connectivity index (χ2n) is 5.45. The lowest BCUT2D eigenvalue weighted by molar-refractivity contribution is 0.107. The van der Waals surface area contributed by atoms with E-state index >= 15 is 0 Å². The number of aromatic nitrogens is 2. The number of imidazole rings is 1. The third-order valence-electron chi connectivity index (χ3n) is 3.39. The maximum atomic E-state index is 6.18. The average Bonchev–Trinajstić information content (AvgIpc) is 2.76. The van der Waals surface area contributed by atoms with Crippen LogP contribution in [0.15, 0.2) is 0 Å². The van der Waals surface area contributed by atoms with Gasteiger partial charge in [-0.05, 0) is 19.3 Å². The van der Waals surface area contributed by atoms with Gasteiger partial charge in [-0.3, -0.25) is 0 Å². The van der Waals surface area contributed by atoms with Crippen LogP contribution in [-0.2, 0) is 17.7 Å². The topological polar surface area (TPSA) is 49.9 Å². The van der Waals surface area contributed by atoms with E-state index in [4.69, 9.17) is 16.3 Å². The molecule has 0 aliphatic carbocycles. The van der Waals surface area contributed by atoms with Crippen LogP contribution in [0.1, 0.15) is 52.1 Å². The molecule has 1 heterocycles. The summed E-state index contributed by atoms with van der Waals surface area (Å²) in [6.45, 7) is 10.8. The molecule has 0 saturated carbocycles. The van der Waals surface area contributed by atoms with E-state index in [9.17, 15) is 0 Å². The lowest BCUT2D eigenvalue weighted by Crippen LogP contribution is -2.37. The average molecular weight is 302 g/mol. The van der Waals surface area contributed by atoms with Gasteiger partial charge >= 0.3 is 0 Å². The summed E-state index contributed by atoms with van der Waals surface area (Å²) in [5, 5.41) is 4.09. The van der Waals surface area contributed by atoms with Crippen LogP contribution in [0.5, 0.6) is 0 Å². The van der Waals surface area contributed by atoms with E-state index in [0.717, 1.165) is 44.0 Å². The molecule has 2 N–H and O–H groups in total. The number of aromatic amines is 1. The number of H-pyrrole nitrogens is 1. The van der Waals surface area contributed by atoms with Crippen molar-refractivity contribution in [1.82, 2.24) is 15.3 Å². The molecule has 0 radical (unpaired) electrons. The smallest absolute Gasteiger partial charge is 0.151 e. The summed E-state index contributed by atoms with van der Waals surface area (Å²) >= 11 is 6.18. The first-order valence-corrected chi connectivity index (χ1v) is 8.00. The van der Waals surface area contributed by atoms with Crippen LogP contribution < -0.4 is 5.32 Å². The van der Waals surface area contributed by atoms with Crippen LogP contribution in [0.2, 0.25) is 5.15 Å². The number of aryl methyl sites for hydroxylation is 1. The molecule has 20 heavy (non-hydrogen) atoms. The second-order valence-corrected chi connectivity index (χ2v) is 5.81. The Kier molecular flexibility index (Phi) is 8.19. The van der Waals surface area contributed by atoms with Gasteiger partial charge in [-0.25, -0.2) is 4.98 Å². The molecular formula is C15H28ClN3O. The van der Waals surface area contributed by atoms with Gasteiger partial charge in [-0.2, -0.15) is 0 Å². The van der Waals surface area contributed by atoms with Gasteiger partial charge in [0, 0.05) is 25.6 Å². The highest BCUT2D eigenvalue weighted by molar-refractivity contribution is 6.30. The molecule has 0 aromatic carbocycles. The minimum absolute atomic E-state index is 0.327. The Morgan fingerprint density at radius 1 is 1.35 bits per heavy atom. The van der Waals surface area contributed by atoms with Gasteiger partial charge in [0.1, 0.15) is 5.82 Å². The largest absolute Gasteiger partial charge is 0.380 e. The van der Waals surface area contributed by atoms with Crippen LogP contribution in [0.3, 0.4) is 0 Å². The van der Waals surface area contributed by atoms with Crippen LogP contribution in [0.4, 0.5) is 0 Å².